The van der Waals surface area contributed by atoms with Gasteiger partial charge in [-0.2, -0.15) is 0 Å². The third-order valence-electron chi connectivity index (χ3n) is 4.71. The number of hydrogen-bond donors (Lipinski definition) is 1. The number of fused-ring (bicyclic) bond motifs is 2. The summed E-state index contributed by atoms with van der Waals surface area (Å²) in [6.07, 6.45) is -0.938. The van der Waals surface area contributed by atoms with E-state index >= 15 is 0 Å². The summed E-state index contributed by atoms with van der Waals surface area (Å²) in [5.74, 6) is -3.68. The minimum Gasteiger partial charge on any atom is -0.506 e. The van der Waals surface area contributed by atoms with Crippen LogP contribution < -0.4 is 0 Å². The molecule has 0 saturated heterocycles. The smallest absolute Gasteiger partial charge is 0.310 e. The molecule has 0 bridgehead atoms. The Kier molecular flexibility index (Phi) is 5.63. The molecule has 1 aliphatic rings. The summed E-state index contributed by atoms with van der Waals surface area (Å²) in [5.41, 5.74) is -1.20. The summed E-state index contributed by atoms with van der Waals surface area (Å²) in [7, 11) is 0. The van der Waals surface area contributed by atoms with Crippen molar-refractivity contribution in [3.8, 4) is 5.75 Å². The highest BCUT2D eigenvalue weighted by Crippen LogP contribution is 2.38. The first-order valence-electron chi connectivity index (χ1n) is 9.72. The molecule has 2 aromatic rings. The van der Waals surface area contributed by atoms with Crippen LogP contribution in [0.1, 0.15) is 81.9 Å². The lowest BCUT2D eigenvalue weighted by Gasteiger charge is -2.23. The molecule has 7 heteroatoms. The van der Waals surface area contributed by atoms with Gasteiger partial charge >= 0.3 is 5.97 Å². The van der Waals surface area contributed by atoms with Gasteiger partial charge in [-0.1, -0.05) is 24.3 Å². The first-order chi connectivity index (χ1) is 14.4. The first kappa shape index (κ1) is 22.1. The van der Waals surface area contributed by atoms with Gasteiger partial charge in [-0.3, -0.25) is 24.0 Å². The third-order valence-corrected chi connectivity index (χ3v) is 4.71. The zero-order chi connectivity index (χ0) is 23.1. The zero-order valence-corrected chi connectivity index (χ0v) is 17.7. The standard InChI is InChI=1S/C24H22O7/c1-12(25)9-17(26)19-13(11-18(27)31-24(2,3)4)10-16-20(23(19)30)22(29)15-8-6-5-7-14(15)21(16)28/h5-8,10,30H,9,11H2,1-4H3. The third kappa shape index (κ3) is 4.30. The van der Waals surface area contributed by atoms with Crippen LogP contribution in [0.5, 0.6) is 5.75 Å². The van der Waals surface area contributed by atoms with Crippen LogP contribution in [0.2, 0.25) is 0 Å². The van der Waals surface area contributed by atoms with E-state index in [9.17, 15) is 29.1 Å². The van der Waals surface area contributed by atoms with Crippen molar-refractivity contribution in [1.29, 1.82) is 0 Å². The number of carbonyl (C=O) groups excluding carboxylic acids is 5. The first-order valence-corrected chi connectivity index (χ1v) is 9.72. The van der Waals surface area contributed by atoms with Gasteiger partial charge in [0.15, 0.2) is 17.3 Å². The predicted molar refractivity (Wildman–Crippen MR) is 111 cm³/mol. The van der Waals surface area contributed by atoms with E-state index in [0.717, 1.165) is 0 Å². The van der Waals surface area contributed by atoms with E-state index in [1.165, 1.54) is 25.1 Å². The quantitative estimate of drug-likeness (QED) is 0.381. The number of benzene rings is 2. The molecule has 0 radical (unpaired) electrons. The minimum absolute atomic E-state index is 0.0253. The molecule has 0 spiro atoms. The van der Waals surface area contributed by atoms with Crippen molar-refractivity contribution in [3.63, 3.8) is 0 Å². The Morgan fingerprint density at radius 1 is 0.968 bits per heavy atom. The Labute approximate surface area is 179 Å². The molecule has 0 amide bonds. The molecule has 0 fully saturated rings. The van der Waals surface area contributed by atoms with E-state index in [0.29, 0.717) is 0 Å². The molecule has 0 aromatic heterocycles. The van der Waals surface area contributed by atoms with E-state index in [1.807, 2.05) is 0 Å². The van der Waals surface area contributed by atoms with E-state index in [4.69, 9.17) is 4.74 Å². The summed E-state index contributed by atoms with van der Waals surface area (Å²) in [6, 6.07) is 7.43. The van der Waals surface area contributed by atoms with Crippen molar-refractivity contribution < 1.29 is 33.8 Å². The topological polar surface area (TPSA) is 115 Å². The van der Waals surface area contributed by atoms with Gasteiger partial charge in [0.2, 0.25) is 0 Å². The van der Waals surface area contributed by atoms with E-state index in [1.54, 1.807) is 32.9 Å². The Morgan fingerprint density at radius 3 is 2.10 bits per heavy atom. The van der Waals surface area contributed by atoms with Gasteiger partial charge < -0.3 is 9.84 Å². The number of aromatic hydroxyl groups is 1. The fourth-order valence-electron chi connectivity index (χ4n) is 3.59. The second kappa shape index (κ2) is 7.91. The van der Waals surface area contributed by atoms with Crippen LogP contribution in [0.4, 0.5) is 0 Å². The van der Waals surface area contributed by atoms with Gasteiger partial charge in [0.05, 0.1) is 24.0 Å². The van der Waals surface area contributed by atoms with Crippen LogP contribution in [0.3, 0.4) is 0 Å². The van der Waals surface area contributed by atoms with Crippen LogP contribution in [0, 0.1) is 0 Å². The van der Waals surface area contributed by atoms with Gasteiger partial charge in [-0.05, 0) is 39.3 Å². The average Bonchev–Trinajstić information content (AvgIpc) is 2.63. The molecule has 31 heavy (non-hydrogen) atoms. The van der Waals surface area contributed by atoms with E-state index in [2.05, 4.69) is 0 Å². The number of Topliss-reactive ketones (excluding diaryl/α,β-unsaturated/α-hetero) is 2. The zero-order valence-electron chi connectivity index (χ0n) is 17.7. The summed E-state index contributed by atoms with van der Waals surface area (Å²) in [6.45, 7) is 6.24. The highest BCUT2D eigenvalue weighted by molar-refractivity contribution is 6.30. The van der Waals surface area contributed by atoms with Crippen molar-refractivity contribution in [1.82, 2.24) is 0 Å². The summed E-state index contributed by atoms with van der Waals surface area (Å²) < 4.78 is 5.29. The lowest BCUT2D eigenvalue weighted by molar-refractivity contribution is -0.153. The van der Waals surface area contributed by atoms with Gasteiger partial charge in [0, 0.05) is 16.7 Å². The lowest BCUT2D eigenvalue weighted by atomic mass is 9.80. The van der Waals surface area contributed by atoms with Crippen LogP contribution in [0.25, 0.3) is 0 Å². The molecule has 2 aromatic carbocycles. The van der Waals surface area contributed by atoms with Gasteiger partial charge in [0.1, 0.15) is 17.1 Å². The molecule has 1 aliphatic carbocycles. The number of ether oxygens (including phenoxy) is 1. The highest BCUT2D eigenvalue weighted by Gasteiger charge is 2.36. The maximum Gasteiger partial charge on any atom is 0.310 e. The Morgan fingerprint density at radius 2 is 1.55 bits per heavy atom. The monoisotopic (exact) mass is 422 g/mol. The van der Waals surface area contributed by atoms with Gasteiger partial charge in [0.25, 0.3) is 0 Å². The molecular formula is C24H22O7. The molecule has 0 heterocycles. The summed E-state index contributed by atoms with van der Waals surface area (Å²) in [4.78, 5) is 62.7. The normalized spacial score (nSPS) is 12.8. The molecule has 160 valence electrons. The summed E-state index contributed by atoms with van der Waals surface area (Å²) in [5, 5.41) is 10.9. The van der Waals surface area contributed by atoms with Crippen LogP contribution >= 0.6 is 0 Å². The number of phenolic OH excluding ortho intramolecular Hbond substituents is 1. The average molecular weight is 422 g/mol. The largest absolute Gasteiger partial charge is 0.506 e. The maximum absolute atomic E-state index is 13.0. The number of esters is 1. The Balaban J connectivity index is 2.21. The Bertz CT molecular complexity index is 1150. The lowest BCUT2D eigenvalue weighted by Crippen LogP contribution is -2.27. The van der Waals surface area contributed by atoms with Crippen molar-refractivity contribution in [3.05, 3.63) is 63.7 Å². The van der Waals surface area contributed by atoms with Crippen molar-refractivity contribution in [2.75, 3.05) is 0 Å². The number of phenols is 1. The molecule has 3 rings (SSSR count). The maximum atomic E-state index is 13.0. The minimum atomic E-state index is -0.790. The second-order valence-electron chi connectivity index (χ2n) is 8.45. The second-order valence-corrected chi connectivity index (χ2v) is 8.45. The van der Waals surface area contributed by atoms with Crippen LogP contribution in [-0.4, -0.2) is 39.8 Å². The number of ketones is 4. The van der Waals surface area contributed by atoms with Gasteiger partial charge in [-0.15, -0.1) is 0 Å². The van der Waals surface area contributed by atoms with Gasteiger partial charge in [-0.25, -0.2) is 0 Å². The Hall–Kier alpha value is -3.61. The van der Waals surface area contributed by atoms with Crippen LogP contribution in [0.15, 0.2) is 30.3 Å². The number of hydrogen-bond acceptors (Lipinski definition) is 7. The molecule has 0 atom stereocenters. The molecule has 1 N–H and O–H groups in total. The van der Waals surface area contributed by atoms with Crippen molar-refractivity contribution in [2.24, 2.45) is 0 Å². The molecule has 0 saturated carbocycles. The molecule has 7 nitrogen and oxygen atoms in total. The number of rotatable bonds is 5. The molecule has 0 unspecified atom stereocenters. The fourth-order valence-corrected chi connectivity index (χ4v) is 3.59. The fraction of sp³-hybridized carbons (Fsp3) is 0.292. The van der Waals surface area contributed by atoms with E-state index < -0.39 is 53.3 Å². The predicted octanol–water partition coefficient (Wildman–Crippen LogP) is 3.21. The van der Waals surface area contributed by atoms with Crippen LogP contribution in [-0.2, 0) is 20.7 Å². The van der Waals surface area contributed by atoms with E-state index in [-0.39, 0.29) is 33.4 Å². The number of carbonyl (C=O) groups is 5. The highest BCUT2D eigenvalue weighted by atomic mass is 16.6. The SMILES string of the molecule is CC(=O)CC(=O)c1c(CC(=O)OC(C)(C)C)cc2c(c1O)C(=O)c1ccccc1C2=O. The summed E-state index contributed by atoms with van der Waals surface area (Å²) >= 11 is 0. The molecule has 0 aliphatic heterocycles. The van der Waals surface area contributed by atoms with Crippen molar-refractivity contribution >= 4 is 29.1 Å². The molecular weight excluding hydrogens is 400 g/mol. The van der Waals surface area contributed by atoms with Crippen molar-refractivity contribution in [2.45, 2.75) is 46.1 Å².